The summed E-state index contributed by atoms with van der Waals surface area (Å²) in [5.41, 5.74) is 0.0752. The van der Waals surface area contributed by atoms with Gasteiger partial charge in [-0.3, -0.25) is 4.79 Å². The topological polar surface area (TPSA) is 22.0 Å². The van der Waals surface area contributed by atoms with Crippen molar-refractivity contribution in [3.8, 4) is 0 Å². The second-order valence-corrected chi connectivity index (χ2v) is 3.64. The second kappa shape index (κ2) is 4.04. The number of hydrogen-bond donors (Lipinski definition) is 0. The van der Waals surface area contributed by atoms with Crippen LogP contribution in [0, 0.1) is 11.6 Å². The van der Waals surface area contributed by atoms with Gasteiger partial charge in [-0.05, 0) is 18.6 Å². The quantitative estimate of drug-likeness (QED) is 0.767. The number of nitrogens with zero attached hydrogens (tertiary/aromatic N) is 1. The van der Waals surface area contributed by atoms with Crippen LogP contribution in [0.2, 0.25) is 0 Å². The highest BCUT2D eigenvalue weighted by Crippen LogP contribution is 2.18. The van der Waals surface area contributed by atoms with Crippen molar-refractivity contribution in [1.82, 2.24) is 4.57 Å². The highest BCUT2D eigenvalue weighted by atomic mass is 19.1. The van der Waals surface area contributed by atoms with Gasteiger partial charge in [-0.2, -0.15) is 0 Å². The molecule has 0 saturated heterocycles. The average Bonchev–Trinajstić information content (AvgIpc) is 2.22. The Hall–Kier alpha value is -1.71. The summed E-state index contributed by atoms with van der Waals surface area (Å²) < 4.78 is 27.9. The highest BCUT2D eigenvalue weighted by Gasteiger charge is 2.08. The predicted octanol–water partition coefficient (Wildman–Crippen LogP) is 2.69. The van der Waals surface area contributed by atoms with Crippen LogP contribution in [-0.4, -0.2) is 4.57 Å². The van der Waals surface area contributed by atoms with Crippen molar-refractivity contribution < 1.29 is 8.78 Å². The Morgan fingerprint density at radius 3 is 2.69 bits per heavy atom. The Labute approximate surface area is 91.1 Å². The first-order valence-electron chi connectivity index (χ1n) is 5.12. The van der Waals surface area contributed by atoms with Gasteiger partial charge in [0.15, 0.2) is 0 Å². The third-order valence-electron chi connectivity index (χ3n) is 2.47. The monoisotopic (exact) mass is 223 g/mol. The molecule has 0 bridgehead atoms. The molecule has 0 saturated carbocycles. The van der Waals surface area contributed by atoms with Crippen molar-refractivity contribution in [3.63, 3.8) is 0 Å². The Kier molecular flexibility index (Phi) is 2.73. The molecule has 0 unspecified atom stereocenters. The number of aromatic nitrogens is 1. The van der Waals surface area contributed by atoms with Crippen LogP contribution in [0.3, 0.4) is 0 Å². The Morgan fingerprint density at radius 2 is 2.00 bits per heavy atom. The highest BCUT2D eigenvalue weighted by molar-refractivity contribution is 5.79. The smallest absolute Gasteiger partial charge is 0.251 e. The van der Waals surface area contributed by atoms with E-state index in [4.69, 9.17) is 0 Å². The molecule has 0 aliphatic rings. The fraction of sp³-hybridized carbons (Fsp3) is 0.250. The standard InChI is InChI=1S/C12H11F2NO/c1-2-5-15-11-7-8(13)6-10(14)9(11)3-4-12(15)16/h3-4,6-7H,2,5H2,1H3. The maximum atomic E-state index is 13.4. The van der Waals surface area contributed by atoms with E-state index in [0.717, 1.165) is 12.5 Å². The molecule has 16 heavy (non-hydrogen) atoms. The number of halogens is 2. The molecular formula is C12H11F2NO. The van der Waals surface area contributed by atoms with E-state index in [1.807, 2.05) is 6.92 Å². The maximum Gasteiger partial charge on any atom is 0.251 e. The van der Waals surface area contributed by atoms with E-state index in [1.54, 1.807) is 0 Å². The first-order chi connectivity index (χ1) is 7.63. The van der Waals surface area contributed by atoms with Gasteiger partial charge in [-0.15, -0.1) is 0 Å². The van der Waals surface area contributed by atoms with Gasteiger partial charge in [0.05, 0.1) is 5.52 Å². The molecule has 0 aliphatic carbocycles. The Balaban J connectivity index is 2.85. The van der Waals surface area contributed by atoms with E-state index in [2.05, 4.69) is 0 Å². The van der Waals surface area contributed by atoms with Crippen molar-refractivity contribution in [2.45, 2.75) is 19.9 Å². The van der Waals surface area contributed by atoms with Gasteiger partial charge < -0.3 is 4.57 Å². The van der Waals surface area contributed by atoms with Crippen LogP contribution in [0.1, 0.15) is 13.3 Å². The van der Waals surface area contributed by atoms with E-state index in [9.17, 15) is 13.6 Å². The van der Waals surface area contributed by atoms with Crippen molar-refractivity contribution >= 4 is 10.9 Å². The molecule has 2 rings (SSSR count). The van der Waals surface area contributed by atoms with Crippen molar-refractivity contribution in [2.75, 3.05) is 0 Å². The van der Waals surface area contributed by atoms with Crippen LogP contribution < -0.4 is 5.56 Å². The fourth-order valence-corrected chi connectivity index (χ4v) is 1.78. The molecule has 0 amide bonds. The Morgan fingerprint density at radius 1 is 1.25 bits per heavy atom. The van der Waals surface area contributed by atoms with Crippen molar-refractivity contribution in [1.29, 1.82) is 0 Å². The predicted molar refractivity (Wildman–Crippen MR) is 58.4 cm³/mol. The van der Waals surface area contributed by atoms with Gasteiger partial charge in [0.1, 0.15) is 11.6 Å². The molecule has 0 spiro atoms. The second-order valence-electron chi connectivity index (χ2n) is 3.64. The lowest BCUT2D eigenvalue weighted by Gasteiger charge is -2.09. The largest absolute Gasteiger partial charge is 0.308 e. The molecule has 1 aromatic carbocycles. The summed E-state index contributed by atoms with van der Waals surface area (Å²) in [4.78, 5) is 11.6. The molecule has 2 nitrogen and oxygen atoms in total. The normalized spacial score (nSPS) is 10.9. The van der Waals surface area contributed by atoms with E-state index < -0.39 is 11.6 Å². The Bertz CT molecular complexity index is 589. The summed E-state index contributed by atoms with van der Waals surface area (Å²) in [5.74, 6) is -1.31. The summed E-state index contributed by atoms with van der Waals surface area (Å²) >= 11 is 0. The molecule has 0 atom stereocenters. The summed E-state index contributed by atoms with van der Waals surface area (Å²) in [6.45, 7) is 2.36. The van der Waals surface area contributed by atoms with Crippen molar-refractivity contribution in [2.24, 2.45) is 0 Å². The maximum absolute atomic E-state index is 13.4. The van der Waals surface area contributed by atoms with Gasteiger partial charge in [0, 0.05) is 24.1 Å². The molecule has 1 aromatic heterocycles. The lowest BCUT2D eigenvalue weighted by Crippen LogP contribution is -2.19. The number of aryl methyl sites for hydroxylation is 1. The van der Waals surface area contributed by atoms with Gasteiger partial charge >= 0.3 is 0 Å². The minimum atomic E-state index is -0.666. The van der Waals surface area contributed by atoms with Crippen LogP contribution in [0.5, 0.6) is 0 Å². The number of benzene rings is 1. The molecule has 0 fully saturated rings. The van der Waals surface area contributed by atoms with Crippen LogP contribution in [0.25, 0.3) is 10.9 Å². The zero-order valence-electron chi connectivity index (χ0n) is 8.84. The molecule has 0 N–H and O–H groups in total. The minimum absolute atomic E-state index is 0.237. The SMILES string of the molecule is CCCn1c(=O)ccc2c(F)cc(F)cc21. The summed E-state index contributed by atoms with van der Waals surface area (Å²) in [7, 11) is 0. The first kappa shape index (κ1) is 10.8. The zero-order valence-corrected chi connectivity index (χ0v) is 8.84. The van der Waals surface area contributed by atoms with Crippen LogP contribution in [0.15, 0.2) is 29.1 Å². The minimum Gasteiger partial charge on any atom is -0.308 e. The molecular weight excluding hydrogens is 212 g/mol. The number of rotatable bonds is 2. The van der Waals surface area contributed by atoms with Gasteiger partial charge in [0.25, 0.3) is 5.56 Å². The van der Waals surface area contributed by atoms with Crippen LogP contribution in [0.4, 0.5) is 8.78 Å². The summed E-state index contributed by atoms with van der Waals surface area (Å²) in [6, 6.07) is 4.70. The molecule has 84 valence electrons. The van der Waals surface area contributed by atoms with E-state index in [0.29, 0.717) is 12.1 Å². The number of fused-ring (bicyclic) bond motifs is 1. The molecule has 2 aromatic rings. The summed E-state index contributed by atoms with van der Waals surface area (Å²) in [5, 5.41) is 0.273. The zero-order chi connectivity index (χ0) is 11.7. The van der Waals surface area contributed by atoms with E-state index >= 15 is 0 Å². The van der Waals surface area contributed by atoms with Crippen LogP contribution in [-0.2, 0) is 6.54 Å². The van der Waals surface area contributed by atoms with Gasteiger partial charge in [-0.25, -0.2) is 8.78 Å². The fourth-order valence-electron chi connectivity index (χ4n) is 1.78. The first-order valence-corrected chi connectivity index (χ1v) is 5.12. The number of pyridine rings is 1. The van der Waals surface area contributed by atoms with Gasteiger partial charge in [0.2, 0.25) is 0 Å². The van der Waals surface area contributed by atoms with E-state index in [1.165, 1.54) is 22.8 Å². The lowest BCUT2D eigenvalue weighted by atomic mass is 10.2. The lowest BCUT2D eigenvalue weighted by molar-refractivity contribution is 0.587. The molecule has 0 aliphatic heterocycles. The third kappa shape index (κ3) is 1.71. The molecule has 1 heterocycles. The van der Waals surface area contributed by atoms with E-state index in [-0.39, 0.29) is 10.9 Å². The molecule has 4 heteroatoms. The molecule has 0 radical (unpaired) electrons. The summed E-state index contributed by atoms with van der Waals surface area (Å²) in [6.07, 6.45) is 0.733. The van der Waals surface area contributed by atoms with Gasteiger partial charge in [-0.1, -0.05) is 6.92 Å². The third-order valence-corrected chi connectivity index (χ3v) is 2.47. The average molecular weight is 223 g/mol. The van der Waals surface area contributed by atoms with Crippen molar-refractivity contribution in [3.05, 3.63) is 46.3 Å². The number of hydrogen-bond acceptors (Lipinski definition) is 1. The van der Waals surface area contributed by atoms with Crippen LogP contribution >= 0.6 is 0 Å².